The van der Waals surface area contributed by atoms with E-state index in [1.165, 1.54) is 10.6 Å². The predicted molar refractivity (Wildman–Crippen MR) is 68.3 cm³/mol. The van der Waals surface area contributed by atoms with Crippen LogP contribution in [0.2, 0.25) is 5.02 Å². The molecule has 0 bridgehead atoms. The molecule has 0 amide bonds. The number of aryl methyl sites for hydroxylation is 1. The first-order valence-corrected chi connectivity index (χ1v) is 5.53. The number of pyridine rings is 1. The van der Waals surface area contributed by atoms with Crippen LogP contribution < -0.4 is 10.3 Å². The number of aromatic nitrogens is 1. The second-order valence-corrected chi connectivity index (χ2v) is 4.14. The fourth-order valence-corrected chi connectivity index (χ4v) is 1.78. The molecule has 0 saturated heterocycles. The van der Waals surface area contributed by atoms with Gasteiger partial charge in [0, 0.05) is 23.4 Å². The van der Waals surface area contributed by atoms with Crippen molar-refractivity contribution in [2.45, 2.75) is 6.92 Å². The number of methoxy groups -OCH3 is 1. The Morgan fingerprint density at radius 1 is 1.24 bits per heavy atom. The average molecular weight is 250 g/mol. The number of nitrogens with zero attached hydrogens (tertiary/aromatic N) is 1. The first-order chi connectivity index (χ1) is 8.11. The van der Waals surface area contributed by atoms with Crippen molar-refractivity contribution in [2.75, 3.05) is 7.11 Å². The maximum absolute atomic E-state index is 11.8. The highest BCUT2D eigenvalue weighted by Crippen LogP contribution is 2.20. The SMILES string of the molecule is COc1cc(-n2ccc(Cl)cc2=O)ccc1C. The van der Waals surface area contributed by atoms with Crippen molar-refractivity contribution in [1.82, 2.24) is 4.57 Å². The summed E-state index contributed by atoms with van der Waals surface area (Å²) in [6, 6.07) is 8.66. The fourth-order valence-electron chi connectivity index (χ4n) is 1.63. The van der Waals surface area contributed by atoms with Crippen LogP contribution in [0.5, 0.6) is 5.75 Å². The van der Waals surface area contributed by atoms with Crippen LogP contribution in [0.25, 0.3) is 5.69 Å². The van der Waals surface area contributed by atoms with Crippen LogP contribution in [0.4, 0.5) is 0 Å². The highest BCUT2D eigenvalue weighted by atomic mass is 35.5. The lowest BCUT2D eigenvalue weighted by molar-refractivity contribution is 0.411. The van der Waals surface area contributed by atoms with Gasteiger partial charge in [0.05, 0.1) is 12.8 Å². The molecule has 17 heavy (non-hydrogen) atoms. The number of hydrogen-bond donors (Lipinski definition) is 0. The fraction of sp³-hybridized carbons (Fsp3) is 0.154. The molecule has 1 aromatic heterocycles. The third kappa shape index (κ3) is 2.34. The van der Waals surface area contributed by atoms with Gasteiger partial charge in [-0.15, -0.1) is 0 Å². The van der Waals surface area contributed by atoms with Crippen molar-refractivity contribution < 1.29 is 4.74 Å². The van der Waals surface area contributed by atoms with Crippen LogP contribution in [0.1, 0.15) is 5.56 Å². The van der Waals surface area contributed by atoms with E-state index in [9.17, 15) is 4.79 Å². The van der Waals surface area contributed by atoms with E-state index in [0.717, 1.165) is 17.0 Å². The highest BCUT2D eigenvalue weighted by Gasteiger charge is 2.04. The van der Waals surface area contributed by atoms with Crippen molar-refractivity contribution >= 4 is 11.6 Å². The van der Waals surface area contributed by atoms with Gasteiger partial charge >= 0.3 is 0 Å². The summed E-state index contributed by atoms with van der Waals surface area (Å²) in [7, 11) is 1.61. The zero-order valence-electron chi connectivity index (χ0n) is 9.61. The van der Waals surface area contributed by atoms with Gasteiger partial charge in [-0.05, 0) is 24.6 Å². The highest BCUT2D eigenvalue weighted by molar-refractivity contribution is 6.30. The summed E-state index contributed by atoms with van der Waals surface area (Å²) in [4.78, 5) is 11.8. The van der Waals surface area contributed by atoms with E-state index in [-0.39, 0.29) is 5.56 Å². The molecule has 4 heteroatoms. The lowest BCUT2D eigenvalue weighted by Crippen LogP contribution is -2.16. The molecule has 0 radical (unpaired) electrons. The summed E-state index contributed by atoms with van der Waals surface area (Å²) in [5.74, 6) is 0.754. The van der Waals surface area contributed by atoms with Gasteiger partial charge < -0.3 is 4.74 Å². The molecule has 0 unspecified atom stereocenters. The van der Waals surface area contributed by atoms with Crippen LogP contribution in [-0.2, 0) is 0 Å². The van der Waals surface area contributed by atoms with Gasteiger partial charge in [-0.25, -0.2) is 0 Å². The maximum atomic E-state index is 11.8. The number of hydrogen-bond acceptors (Lipinski definition) is 2. The summed E-state index contributed by atoms with van der Waals surface area (Å²) in [5, 5.41) is 0.435. The predicted octanol–water partition coefficient (Wildman–Crippen LogP) is 2.81. The van der Waals surface area contributed by atoms with Gasteiger partial charge in [0.1, 0.15) is 5.75 Å². The molecule has 2 rings (SSSR count). The van der Waals surface area contributed by atoms with E-state index in [4.69, 9.17) is 16.3 Å². The van der Waals surface area contributed by atoms with Crippen molar-refractivity contribution in [1.29, 1.82) is 0 Å². The molecule has 0 atom stereocenters. The zero-order chi connectivity index (χ0) is 12.4. The number of benzene rings is 1. The van der Waals surface area contributed by atoms with Gasteiger partial charge in [-0.3, -0.25) is 9.36 Å². The molecule has 1 heterocycles. The largest absolute Gasteiger partial charge is 0.496 e. The Balaban J connectivity index is 2.57. The monoisotopic (exact) mass is 249 g/mol. The molecule has 1 aromatic carbocycles. The summed E-state index contributed by atoms with van der Waals surface area (Å²) in [6.07, 6.45) is 1.65. The van der Waals surface area contributed by atoms with Crippen molar-refractivity contribution in [3.63, 3.8) is 0 Å². The summed E-state index contributed by atoms with van der Waals surface area (Å²) in [6.45, 7) is 1.95. The first kappa shape index (κ1) is 11.7. The Bertz CT molecular complexity index is 605. The van der Waals surface area contributed by atoms with Crippen molar-refractivity contribution in [2.24, 2.45) is 0 Å². The zero-order valence-corrected chi connectivity index (χ0v) is 10.4. The molecule has 3 nitrogen and oxygen atoms in total. The second-order valence-electron chi connectivity index (χ2n) is 3.71. The topological polar surface area (TPSA) is 31.2 Å². The Morgan fingerprint density at radius 2 is 2.00 bits per heavy atom. The number of rotatable bonds is 2. The molecule has 0 aliphatic carbocycles. The van der Waals surface area contributed by atoms with E-state index >= 15 is 0 Å². The third-order valence-electron chi connectivity index (χ3n) is 2.55. The molecule has 0 spiro atoms. The van der Waals surface area contributed by atoms with Crippen molar-refractivity contribution in [3.8, 4) is 11.4 Å². The van der Waals surface area contributed by atoms with Gasteiger partial charge in [0.2, 0.25) is 0 Å². The Morgan fingerprint density at radius 3 is 2.65 bits per heavy atom. The number of ether oxygens (including phenoxy) is 1. The van der Waals surface area contributed by atoms with Crippen LogP contribution in [0.3, 0.4) is 0 Å². The lowest BCUT2D eigenvalue weighted by Gasteiger charge is -2.09. The molecule has 2 aromatic rings. The maximum Gasteiger partial charge on any atom is 0.256 e. The van der Waals surface area contributed by atoms with Crippen LogP contribution >= 0.6 is 11.6 Å². The Hall–Kier alpha value is -1.74. The minimum Gasteiger partial charge on any atom is -0.496 e. The summed E-state index contributed by atoms with van der Waals surface area (Å²) in [5.41, 5.74) is 1.62. The average Bonchev–Trinajstić information content (AvgIpc) is 2.30. The normalized spacial score (nSPS) is 10.3. The molecule has 0 aliphatic heterocycles. The van der Waals surface area contributed by atoms with Crippen LogP contribution in [0, 0.1) is 6.92 Å². The third-order valence-corrected chi connectivity index (χ3v) is 2.79. The quantitative estimate of drug-likeness (QED) is 0.820. The van der Waals surface area contributed by atoms with E-state index in [1.54, 1.807) is 19.4 Å². The van der Waals surface area contributed by atoms with Crippen LogP contribution in [0.15, 0.2) is 41.3 Å². The summed E-state index contributed by atoms with van der Waals surface area (Å²) >= 11 is 5.75. The molecule has 0 aliphatic rings. The molecule has 0 N–H and O–H groups in total. The van der Waals surface area contributed by atoms with Gasteiger partial charge in [-0.2, -0.15) is 0 Å². The van der Waals surface area contributed by atoms with Gasteiger partial charge in [0.25, 0.3) is 5.56 Å². The first-order valence-electron chi connectivity index (χ1n) is 5.15. The van der Waals surface area contributed by atoms with E-state index in [2.05, 4.69) is 0 Å². The minimum atomic E-state index is -0.164. The molecule has 0 fully saturated rings. The Labute approximate surface area is 104 Å². The van der Waals surface area contributed by atoms with E-state index in [0.29, 0.717) is 5.02 Å². The van der Waals surface area contributed by atoms with Crippen LogP contribution in [-0.4, -0.2) is 11.7 Å². The van der Waals surface area contributed by atoms with Crippen molar-refractivity contribution in [3.05, 3.63) is 57.5 Å². The van der Waals surface area contributed by atoms with E-state index < -0.39 is 0 Å². The second kappa shape index (κ2) is 4.63. The minimum absolute atomic E-state index is 0.164. The number of halogens is 1. The molecular weight excluding hydrogens is 238 g/mol. The molecular formula is C13H12ClNO2. The van der Waals surface area contributed by atoms with Gasteiger partial charge in [-0.1, -0.05) is 17.7 Å². The standard InChI is InChI=1S/C13H12ClNO2/c1-9-3-4-11(8-12(9)17-2)15-6-5-10(14)7-13(15)16/h3-8H,1-2H3. The summed E-state index contributed by atoms with van der Waals surface area (Å²) < 4.78 is 6.75. The van der Waals surface area contributed by atoms with Gasteiger partial charge in [0.15, 0.2) is 0 Å². The lowest BCUT2D eigenvalue weighted by atomic mass is 10.2. The molecule has 88 valence electrons. The molecule has 0 saturated carbocycles. The van der Waals surface area contributed by atoms with E-state index in [1.807, 2.05) is 25.1 Å². The Kier molecular flexibility index (Phi) is 3.20. The smallest absolute Gasteiger partial charge is 0.256 e.